The van der Waals surface area contributed by atoms with Gasteiger partial charge in [-0.25, -0.2) is 4.39 Å². The van der Waals surface area contributed by atoms with E-state index in [1.807, 2.05) is 49.3 Å². The minimum Gasteiger partial charge on any atom is -0.341 e. The summed E-state index contributed by atoms with van der Waals surface area (Å²) in [7, 11) is 4.08. The Morgan fingerprint density at radius 1 is 1.06 bits per heavy atom. The summed E-state index contributed by atoms with van der Waals surface area (Å²) in [6, 6.07) is 15.2. The Hall–Kier alpha value is -2.24. The summed E-state index contributed by atoms with van der Waals surface area (Å²) in [6.45, 7) is 6.95. The van der Waals surface area contributed by atoms with Gasteiger partial charge in [-0.2, -0.15) is 0 Å². The van der Waals surface area contributed by atoms with Crippen molar-refractivity contribution in [3.63, 3.8) is 0 Å². The number of rotatable bonds is 9. The number of likely N-dealkylation sites (tertiary alicyclic amines) is 1. The van der Waals surface area contributed by atoms with Gasteiger partial charge in [0.05, 0.1) is 6.42 Å². The Labute approximate surface area is 186 Å². The van der Waals surface area contributed by atoms with E-state index in [2.05, 4.69) is 22.8 Å². The van der Waals surface area contributed by atoms with Crippen LogP contribution in [0, 0.1) is 18.7 Å². The van der Waals surface area contributed by atoms with E-state index in [4.69, 9.17) is 0 Å². The molecule has 0 saturated carbocycles. The highest BCUT2D eigenvalue weighted by atomic mass is 19.1. The van der Waals surface area contributed by atoms with E-state index in [0.717, 1.165) is 62.3 Å². The Bertz CT molecular complexity index is 854. The summed E-state index contributed by atoms with van der Waals surface area (Å²) in [5.41, 5.74) is 3.02. The Kier molecular flexibility index (Phi) is 8.61. The van der Waals surface area contributed by atoms with E-state index in [9.17, 15) is 9.18 Å². The predicted molar refractivity (Wildman–Crippen MR) is 124 cm³/mol. The van der Waals surface area contributed by atoms with Crippen LogP contribution in [-0.4, -0.2) is 67.4 Å². The van der Waals surface area contributed by atoms with Crippen LogP contribution in [-0.2, 0) is 17.8 Å². The zero-order valence-electron chi connectivity index (χ0n) is 19.2. The standard InChI is InChI=1S/C26H36FN3O/c1-21-9-4-5-11-23(21)17-26(31)30(16-15-28(2)3)19-22-10-8-14-29(18-22)20-24-12-6-7-13-25(24)27/h4-7,9,11-13,22H,8,10,14-20H2,1-3H3/t22-/m1/s1. The summed E-state index contributed by atoms with van der Waals surface area (Å²) >= 11 is 0. The fourth-order valence-corrected chi connectivity index (χ4v) is 4.34. The minimum atomic E-state index is -0.134. The smallest absolute Gasteiger partial charge is 0.227 e. The highest BCUT2D eigenvalue weighted by Crippen LogP contribution is 2.21. The molecule has 1 heterocycles. The molecule has 1 amide bonds. The lowest BCUT2D eigenvalue weighted by atomic mass is 9.96. The first-order valence-electron chi connectivity index (χ1n) is 11.3. The highest BCUT2D eigenvalue weighted by Gasteiger charge is 2.25. The van der Waals surface area contributed by atoms with Crippen LogP contribution >= 0.6 is 0 Å². The van der Waals surface area contributed by atoms with E-state index < -0.39 is 0 Å². The molecule has 0 radical (unpaired) electrons. The van der Waals surface area contributed by atoms with Crippen LogP contribution in [0.3, 0.4) is 0 Å². The molecule has 1 saturated heterocycles. The molecule has 0 spiro atoms. The third-order valence-corrected chi connectivity index (χ3v) is 6.21. The van der Waals surface area contributed by atoms with E-state index in [1.165, 1.54) is 6.07 Å². The third kappa shape index (κ3) is 7.15. The molecule has 2 aromatic carbocycles. The average Bonchev–Trinajstić information content (AvgIpc) is 2.74. The van der Waals surface area contributed by atoms with Gasteiger partial charge in [-0.1, -0.05) is 42.5 Å². The van der Waals surface area contributed by atoms with Crippen molar-refractivity contribution in [1.29, 1.82) is 0 Å². The molecule has 1 atom stereocenters. The van der Waals surface area contributed by atoms with Gasteiger partial charge in [0.15, 0.2) is 0 Å². The predicted octanol–water partition coefficient (Wildman–Crippen LogP) is 3.98. The number of halogens is 1. The van der Waals surface area contributed by atoms with Crippen molar-refractivity contribution in [2.45, 2.75) is 32.7 Å². The number of piperidine rings is 1. The number of aryl methyl sites for hydroxylation is 1. The highest BCUT2D eigenvalue weighted by molar-refractivity contribution is 5.79. The molecule has 2 aromatic rings. The largest absolute Gasteiger partial charge is 0.341 e. The summed E-state index contributed by atoms with van der Waals surface area (Å²) in [6.07, 6.45) is 2.66. The van der Waals surface area contributed by atoms with Crippen LogP contribution in [0.4, 0.5) is 4.39 Å². The van der Waals surface area contributed by atoms with Gasteiger partial charge in [0.25, 0.3) is 0 Å². The van der Waals surface area contributed by atoms with Gasteiger partial charge in [-0.15, -0.1) is 0 Å². The normalized spacial score (nSPS) is 17.1. The summed E-state index contributed by atoms with van der Waals surface area (Å²) < 4.78 is 14.1. The molecule has 168 valence electrons. The van der Waals surface area contributed by atoms with Crippen molar-refractivity contribution in [2.24, 2.45) is 5.92 Å². The van der Waals surface area contributed by atoms with Crippen LogP contribution in [0.2, 0.25) is 0 Å². The summed E-state index contributed by atoms with van der Waals surface area (Å²) in [5, 5.41) is 0. The van der Waals surface area contributed by atoms with Crippen molar-refractivity contribution in [3.8, 4) is 0 Å². The molecule has 0 aliphatic carbocycles. The van der Waals surface area contributed by atoms with Crippen molar-refractivity contribution in [3.05, 3.63) is 71.0 Å². The number of amides is 1. The van der Waals surface area contributed by atoms with Gasteiger partial charge in [0, 0.05) is 38.3 Å². The lowest BCUT2D eigenvalue weighted by Gasteiger charge is -2.36. The van der Waals surface area contributed by atoms with E-state index in [-0.39, 0.29) is 11.7 Å². The number of nitrogens with zero attached hydrogens (tertiary/aromatic N) is 3. The zero-order valence-corrected chi connectivity index (χ0v) is 19.2. The van der Waals surface area contributed by atoms with Gasteiger partial charge < -0.3 is 9.80 Å². The first kappa shape index (κ1) is 23.4. The molecule has 1 fully saturated rings. The number of hydrogen-bond donors (Lipinski definition) is 0. The molecule has 0 N–H and O–H groups in total. The SMILES string of the molecule is Cc1ccccc1CC(=O)N(CCN(C)C)C[C@@H]1CCCN(Cc2ccccc2F)C1. The molecular weight excluding hydrogens is 389 g/mol. The second-order valence-electron chi connectivity index (χ2n) is 9.08. The first-order valence-corrected chi connectivity index (χ1v) is 11.3. The summed E-state index contributed by atoms with van der Waals surface area (Å²) in [4.78, 5) is 19.7. The van der Waals surface area contributed by atoms with Gasteiger partial charge in [0.2, 0.25) is 5.91 Å². The number of carbonyl (C=O) groups is 1. The van der Waals surface area contributed by atoms with Crippen LogP contribution < -0.4 is 0 Å². The lowest BCUT2D eigenvalue weighted by Crippen LogP contribution is -2.45. The van der Waals surface area contributed by atoms with Crippen LogP contribution in [0.25, 0.3) is 0 Å². The molecule has 3 rings (SSSR count). The zero-order chi connectivity index (χ0) is 22.2. The number of benzene rings is 2. The molecule has 4 nitrogen and oxygen atoms in total. The van der Waals surface area contributed by atoms with Gasteiger partial charge >= 0.3 is 0 Å². The number of carbonyl (C=O) groups excluding carboxylic acids is 1. The molecule has 1 aliphatic heterocycles. The molecule has 0 aromatic heterocycles. The minimum absolute atomic E-state index is 0.134. The maximum Gasteiger partial charge on any atom is 0.227 e. The van der Waals surface area contributed by atoms with Crippen molar-refractivity contribution >= 4 is 5.91 Å². The molecule has 5 heteroatoms. The molecule has 0 unspecified atom stereocenters. The van der Waals surface area contributed by atoms with Crippen molar-refractivity contribution in [2.75, 3.05) is 46.8 Å². The topological polar surface area (TPSA) is 26.8 Å². The van der Waals surface area contributed by atoms with E-state index in [1.54, 1.807) is 6.07 Å². The van der Waals surface area contributed by atoms with E-state index >= 15 is 0 Å². The Morgan fingerprint density at radius 3 is 2.48 bits per heavy atom. The quantitative estimate of drug-likeness (QED) is 0.608. The maximum atomic E-state index is 14.1. The molecular formula is C26H36FN3O. The second-order valence-corrected chi connectivity index (χ2v) is 9.08. The first-order chi connectivity index (χ1) is 14.9. The van der Waals surface area contributed by atoms with Crippen molar-refractivity contribution in [1.82, 2.24) is 14.7 Å². The van der Waals surface area contributed by atoms with E-state index in [0.29, 0.717) is 18.9 Å². The van der Waals surface area contributed by atoms with Crippen molar-refractivity contribution < 1.29 is 9.18 Å². The van der Waals surface area contributed by atoms with Gasteiger partial charge in [-0.3, -0.25) is 9.69 Å². The summed E-state index contributed by atoms with van der Waals surface area (Å²) in [5.74, 6) is 0.483. The van der Waals surface area contributed by atoms with Crippen LogP contribution in [0.1, 0.15) is 29.5 Å². The Balaban J connectivity index is 1.63. The molecule has 31 heavy (non-hydrogen) atoms. The van der Waals surface area contributed by atoms with Gasteiger partial charge in [0.1, 0.15) is 5.82 Å². The molecule has 0 bridgehead atoms. The maximum absolute atomic E-state index is 14.1. The lowest BCUT2D eigenvalue weighted by molar-refractivity contribution is -0.131. The average molecular weight is 426 g/mol. The second kappa shape index (κ2) is 11.4. The molecule has 1 aliphatic rings. The Morgan fingerprint density at radius 2 is 1.77 bits per heavy atom. The third-order valence-electron chi connectivity index (χ3n) is 6.21. The van der Waals surface area contributed by atoms with Crippen LogP contribution in [0.15, 0.2) is 48.5 Å². The fourth-order valence-electron chi connectivity index (χ4n) is 4.34. The number of likely N-dealkylation sites (N-methyl/N-ethyl adjacent to an activating group) is 1. The fraction of sp³-hybridized carbons (Fsp3) is 0.500. The van der Waals surface area contributed by atoms with Gasteiger partial charge in [-0.05, 0) is 63.5 Å². The number of hydrogen-bond acceptors (Lipinski definition) is 3. The monoisotopic (exact) mass is 425 g/mol. The van der Waals surface area contributed by atoms with Crippen LogP contribution in [0.5, 0.6) is 0 Å².